The number of ketones is 1. The Balaban J connectivity index is 1.16. The molecule has 11 nitrogen and oxygen atoms in total. The van der Waals surface area contributed by atoms with Gasteiger partial charge in [0.25, 0.3) is 0 Å². The maximum Gasteiger partial charge on any atom is 0.418 e. The molecule has 2 aromatic carbocycles. The van der Waals surface area contributed by atoms with Gasteiger partial charge in [0, 0.05) is 74.7 Å². The van der Waals surface area contributed by atoms with Gasteiger partial charge in [0.2, 0.25) is 5.95 Å². The van der Waals surface area contributed by atoms with Gasteiger partial charge in [-0.05, 0) is 43.2 Å². The number of benzene rings is 2. The fourth-order valence-electron chi connectivity index (χ4n) is 5.42. The molecule has 0 radical (unpaired) electrons. The molecule has 4 heterocycles. The number of rotatable bonds is 11. The molecule has 0 aliphatic carbocycles. The van der Waals surface area contributed by atoms with E-state index in [4.69, 9.17) is 4.74 Å². The highest BCUT2D eigenvalue weighted by Crippen LogP contribution is 2.35. The van der Waals surface area contributed by atoms with Crippen molar-refractivity contribution in [1.29, 1.82) is 0 Å². The van der Waals surface area contributed by atoms with E-state index in [1.807, 2.05) is 13.0 Å². The van der Waals surface area contributed by atoms with Crippen LogP contribution in [0.15, 0.2) is 73.6 Å². The lowest BCUT2D eigenvalue weighted by Crippen LogP contribution is -2.39. The van der Waals surface area contributed by atoms with Crippen LogP contribution in [0.4, 0.5) is 30.6 Å². The van der Waals surface area contributed by atoms with Gasteiger partial charge < -0.3 is 19.9 Å². The first-order valence-electron chi connectivity index (χ1n) is 15.2. The van der Waals surface area contributed by atoms with Crippen LogP contribution in [0.5, 0.6) is 0 Å². The average molecular weight is 646 g/mol. The number of anilines is 3. The molecule has 1 aliphatic heterocycles. The minimum atomic E-state index is -4.61. The van der Waals surface area contributed by atoms with Gasteiger partial charge in [0.1, 0.15) is 23.8 Å². The zero-order valence-corrected chi connectivity index (χ0v) is 26.0. The van der Waals surface area contributed by atoms with Crippen LogP contribution in [0.2, 0.25) is 0 Å². The maximum absolute atomic E-state index is 14.0. The normalized spacial score (nSPS) is 13.9. The molecule has 1 saturated heterocycles. The topological polar surface area (TPSA) is 115 Å². The summed E-state index contributed by atoms with van der Waals surface area (Å²) in [4.78, 5) is 32.9. The Kier molecular flexibility index (Phi) is 9.31. The quantitative estimate of drug-likeness (QED) is 0.182. The molecule has 14 heteroatoms. The van der Waals surface area contributed by atoms with E-state index in [1.165, 1.54) is 29.4 Å². The molecule has 47 heavy (non-hydrogen) atoms. The Labute approximate surface area is 269 Å². The van der Waals surface area contributed by atoms with Crippen molar-refractivity contribution in [3.8, 4) is 11.5 Å². The van der Waals surface area contributed by atoms with Crippen molar-refractivity contribution in [2.75, 3.05) is 50.0 Å². The predicted molar refractivity (Wildman–Crippen MR) is 171 cm³/mol. The largest absolute Gasteiger partial charge is 0.418 e. The van der Waals surface area contributed by atoms with E-state index in [-0.39, 0.29) is 23.5 Å². The first-order chi connectivity index (χ1) is 22.7. The second-order valence-corrected chi connectivity index (χ2v) is 11.2. The van der Waals surface area contributed by atoms with Crippen molar-refractivity contribution in [2.24, 2.45) is 0 Å². The van der Waals surface area contributed by atoms with Gasteiger partial charge in [-0.2, -0.15) is 13.2 Å². The molecule has 3 aromatic heterocycles. The molecule has 0 unspecified atom stereocenters. The number of imidazole rings is 2. The van der Waals surface area contributed by atoms with Crippen LogP contribution in [-0.4, -0.2) is 79.1 Å². The number of carbonyl (C=O) groups excluding carboxylic acids is 1. The highest BCUT2D eigenvalue weighted by Gasteiger charge is 2.34. The standard InChI is InChI=1S/C33H34F3N9O2/c1-22-3-5-25(29(46)18-24-4-6-28(26(17-24)33(34,35)36)44-11-8-37-23(44)2)19-27(22)42-32-39-9-12-45(32)31-20-30(40-21-41-31)38-7-10-43-13-15-47-16-14-43/h3-6,8-9,11-12,17,19-21H,7,10,13-16,18H2,1-2H3,(H,39,42)(H,38,40,41). The molecule has 0 atom stereocenters. The number of nitrogens with one attached hydrogen (secondary N) is 2. The van der Waals surface area contributed by atoms with E-state index in [2.05, 4.69) is 35.5 Å². The number of aryl methyl sites for hydroxylation is 2. The molecule has 6 rings (SSSR count). The number of hydrogen-bond donors (Lipinski definition) is 2. The van der Waals surface area contributed by atoms with Crippen LogP contribution in [-0.2, 0) is 17.3 Å². The summed E-state index contributed by atoms with van der Waals surface area (Å²) in [6.45, 7) is 8.41. The van der Waals surface area contributed by atoms with Gasteiger partial charge in [-0.15, -0.1) is 0 Å². The van der Waals surface area contributed by atoms with Crippen LogP contribution < -0.4 is 10.6 Å². The van der Waals surface area contributed by atoms with Gasteiger partial charge >= 0.3 is 6.18 Å². The molecule has 244 valence electrons. The first kappa shape index (κ1) is 31.9. The van der Waals surface area contributed by atoms with Crippen LogP contribution in [0.25, 0.3) is 11.5 Å². The highest BCUT2D eigenvalue weighted by molar-refractivity contribution is 5.98. The fourth-order valence-corrected chi connectivity index (χ4v) is 5.42. The zero-order chi connectivity index (χ0) is 33.0. The fraction of sp³-hybridized carbons (Fsp3) is 0.303. The first-order valence-corrected chi connectivity index (χ1v) is 15.2. The molecular formula is C33H34F3N9O2. The van der Waals surface area contributed by atoms with Gasteiger partial charge in [-0.25, -0.2) is 19.9 Å². The smallest absolute Gasteiger partial charge is 0.379 e. The molecule has 1 aliphatic rings. The van der Waals surface area contributed by atoms with E-state index in [0.717, 1.165) is 51.0 Å². The third kappa shape index (κ3) is 7.50. The third-order valence-electron chi connectivity index (χ3n) is 8.00. The van der Waals surface area contributed by atoms with Crippen molar-refractivity contribution < 1.29 is 22.7 Å². The Bertz CT molecular complexity index is 1860. The molecule has 1 fully saturated rings. The van der Waals surface area contributed by atoms with Crippen molar-refractivity contribution in [1.82, 2.24) is 34.0 Å². The SMILES string of the molecule is Cc1ccc(C(=O)Cc2ccc(-n3ccnc3C)c(C(F)(F)F)c2)cc1Nc1nccn1-c1cc(NCCN2CCOCC2)ncn1. The summed E-state index contributed by atoms with van der Waals surface area (Å²) in [5.41, 5.74) is 1.22. The van der Waals surface area contributed by atoms with Crippen molar-refractivity contribution in [3.05, 3.63) is 102 Å². The monoisotopic (exact) mass is 645 g/mol. The number of Topliss-reactive ketones (excluding diaryl/α,β-unsaturated/α-hetero) is 1. The van der Waals surface area contributed by atoms with Crippen LogP contribution in [0, 0.1) is 13.8 Å². The lowest BCUT2D eigenvalue weighted by molar-refractivity contribution is -0.137. The Morgan fingerprint density at radius 2 is 1.72 bits per heavy atom. The van der Waals surface area contributed by atoms with Gasteiger partial charge in [-0.3, -0.25) is 14.3 Å². The second-order valence-electron chi connectivity index (χ2n) is 11.2. The number of nitrogens with zero attached hydrogens (tertiary/aromatic N) is 7. The summed E-state index contributed by atoms with van der Waals surface area (Å²) in [5, 5.41) is 6.63. The lowest BCUT2D eigenvalue weighted by atomic mass is 9.99. The minimum absolute atomic E-state index is 0.0411. The van der Waals surface area contributed by atoms with E-state index >= 15 is 0 Å². The zero-order valence-electron chi connectivity index (χ0n) is 26.0. The Morgan fingerprint density at radius 3 is 2.49 bits per heavy atom. The molecule has 0 amide bonds. The summed E-state index contributed by atoms with van der Waals surface area (Å²) in [7, 11) is 0. The van der Waals surface area contributed by atoms with Crippen molar-refractivity contribution in [2.45, 2.75) is 26.4 Å². The number of ether oxygens (including phenoxy) is 1. The number of halogens is 3. The van der Waals surface area contributed by atoms with Crippen LogP contribution in [0.3, 0.4) is 0 Å². The summed E-state index contributed by atoms with van der Waals surface area (Å²) in [6, 6.07) is 10.9. The third-order valence-corrected chi connectivity index (χ3v) is 8.00. The highest BCUT2D eigenvalue weighted by atomic mass is 19.4. The molecule has 2 N–H and O–H groups in total. The maximum atomic E-state index is 14.0. The average Bonchev–Trinajstić information content (AvgIpc) is 3.71. The van der Waals surface area contributed by atoms with Crippen LogP contribution >= 0.6 is 0 Å². The van der Waals surface area contributed by atoms with Crippen LogP contribution in [0.1, 0.15) is 32.9 Å². The number of aromatic nitrogens is 6. The Hall–Kier alpha value is -5.08. The second kappa shape index (κ2) is 13.7. The lowest BCUT2D eigenvalue weighted by Gasteiger charge is -2.26. The molecular weight excluding hydrogens is 611 g/mol. The summed E-state index contributed by atoms with van der Waals surface area (Å²) >= 11 is 0. The Morgan fingerprint density at radius 1 is 0.936 bits per heavy atom. The molecule has 0 spiro atoms. The van der Waals surface area contributed by atoms with E-state index in [0.29, 0.717) is 34.7 Å². The summed E-state index contributed by atoms with van der Waals surface area (Å²) in [5.74, 6) is 1.84. The molecule has 0 bridgehead atoms. The van der Waals surface area contributed by atoms with Crippen molar-refractivity contribution in [3.63, 3.8) is 0 Å². The van der Waals surface area contributed by atoms with E-state index < -0.39 is 11.7 Å². The van der Waals surface area contributed by atoms with Crippen molar-refractivity contribution >= 4 is 23.2 Å². The van der Waals surface area contributed by atoms with Gasteiger partial charge in [0.15, 0.2) is 5.78 Å². The van der Waals surface area contributed by atoms with E-state index in [9.17, 15) is 18.0 Å². The molecule has 0 saturated carbocycles. The van der Waals surface area contributed by atoms with E-state index in [1.54, 1.807) is 48.1 Å². The number of morpholine rings is 1. The summed E-state index contributed by atoms with van der Waals surface area (Å²) < 4.78 is 50.7. The number of hydrogen-bond acceptors (Lipinski definition) is 9. The van der Waals surface area contributed by atoms with Gasteiger partial charge in [0.05, 0.1) is 24.5 Å². The summed E-state index contributed by atoms with van der Waals surface area (Å²) in [6.07, 6.45) is 2.98. The van der Waals surface area contributed by atoms with Gasteiger partial charge in [-0.1, -0.05) is 18.2 Å². The number of alkyl halides is 3. The predicted octanol–water partition coefficient (Wildman–Crippen LogP) is 5.40. The number of carbonyl (C=O) groups is 1. The molecule has 5 aromatic rings. The minimum Gasteiger partial charge on any atom is -0.379 e.